The molecule has 1 unspecified atom stereocenters. The molecule has 3 aliphatic rings. The summed E-state index contributed by atoms with van der Waals surface area (Å²) < 4.78 is 59.0. The molecule has 3 fully saturated rings. The molecule has 5 rings (SSSR count). The van der Waals surface area contributed by atoms with Crippen molar-refractivity contribution in [2.24, 2.45) is 0 Å². The van der Waals surface area contributed by atoms with Gasteiger partial charge in [-0.3, -0.25) is 9.69 Å². The molecule has 2 aromatic rings. The summed E-state index contributed by atoms with van der Waals surface area (Å²) >= 11 is 0. The van der Waals surface area contributed by atoms with E-state index < -0.39 is 41.3 Å². The van der Waals surface area contributed by atoms with E-state index in [1.54, 1.807) is 0 Å². The number of morpholine rings is 1. The van der Waals surface area contributed by atoms with Crippen LogP contribution in [0.3, 0.4) is 0 Å². The maximum absolute atomic E-state index is 14.5. The molecule has 8 nitrogen and oxygen atoms in total. The van der Waals surface area contributed by atoms with Crippen molar-refractivity contribution in [2.45, 2.75) is 76.5 Å². The number of halogens is 2. The Labute approximate surface area is 240 Å². The van der Waals surface area contributed by atoms with Crippen LogP contribution in [0.25, 0.3) is 0 Å². The van der Waals surface area contributed by atoms with Gasteiger partial charge in [0.2, 0.25) is 0 Å². The highest BCUT2D eigenvalue weighted by Crippen LogP contribution is 2.44. The monoisotopic (exact) mass is 574 g/mol. The topological polar surface area (TPSA) is 78.5 Å². The van der Waals surface area contributed by atoms with Crippen molar-refractivity contribution < 1.29 is 37.3 Å². The Morgan fingerprint density at radius 3 is 2.56 bits per heavy atom. The number of amides is 1. The van der Waals surface area contributed by atoms with Gasteiger partial charge >= 0.3 is 0 Å². The van der Waals surface area contributed by atoms with Crippen molar-refractivity contribution in [3.8, 4) is 0 Å². The Balaban J connectivity index is 1.38. The average Bonchev–Trinajstić information content (AvgIpc) is 3.27. The first-order valence-corrected chi connectivity index (χ1v) is 14.3. The van der Waals surface area contributed by atoms with E-state index in [9.17, 15) is 13.6 Å². The lowest BCUT2D eigenvalue weighted by atomic mass is 9.78. The molecule has 0 bridgehead atoms. The summed E-state index contributed by atoms with van der Waals surface area (Å²) in [6.07, 6.45) is -1.23. The number of ether oxygens (including phenoxy) is 5. The Morgan fingerprint density at radius 1 is 1.02 bits per heavy atom. The second kappa shape index (κ2) is 12.8. The van der Waals surface area contributed by atoms with Crippen LogP contribution in [0.15, 0.2) is 42.5 Å². The molecule has 0 radical (unpaired) electrons. The SMILES string of the molecule is Cc1ccccc1CO[C@]1(C(=O)NCCN2CCOCC2)CC(OCc2cccc(F)c2F)[C@@H]2OC(C)(C)O[C@@H]2C1. The van der Waals surface area contributed by atoms with Gasteiger partial charge in [-0.05, 0) is 38.0 Å². The molecule has 4 atom stereocenters. The van der Waals surface area contributed by atoms with Crippen LogP contribution in [0.2, 0.25) is 0 Å². The largest absolute Gasteiger partial charge is 0.379 e. The summed E-state index contributed by atoms with van der Waals surface area (Å²) in [4.78, 5) is 16.2. The fraction of sp³-hybridized carbons (Fsp3) is 0.581. The lowest BCUT2D eigenvalue weighted by Crippen LogP contribution is -2.60. The van der Waals surface area contributed by atoms with Gasteiger partial charge in [0.1, 0.15) is 6.10 Å². The minimum absolute atomic E-state index is 0.0895. The zero-order valence-corrected chi connectivity index (χ0v) is 24.0. The Bertz CT molecular complexity index is 1210. The second-order valence-corrected chi connectivity index (χ2v) is 11.5. The van der Waals surface area contributed by atoms with Crippen LogP contribution in [0.5, 0.6) is 0 Å². The predicted molar refractivity (Wildman–Crippen MR) is 147 cm³/mol. The highest BCUT2D eigenvalue weighted by molar-refractivity contribution is 5.85. The summed E-state index contributed by atoms with van der Waals surface area (Å²) in [5.41, 5.74) is 0.827. The van der Waals surface area contributed by atoms with Gasteiger partial charge in [-0.2, -0.15) is 0 Å². The van der Waals surface area contributed by atoms with Crippen LogP contribution < -0.4 is 5.32 Å². The summed E-state index contributed by atoms with van der Waals surface area (Å²) in [7, 11) is 0. The first-order valence-electron chi connectivity index (χ1n) is 14.3. The average molecular weight is 575 g/mol. The van der Waals surface area contributed by atoms with Crippen molar-refractivity contribution in [3.05, 3.63) is 70.8 Å². The Hall–Kier alpha value is -2.47. The number of hydrogen-bond donors (Lipinski definition) is 1. The van der Waals surface area contributed by atoms with Crippen molar-refractivity contribution in [1.29, 1.82) is 0 Å². The fourth-order valence-electron chi connectivity index (χ4n) is 5.87. The third-order valence-corrected chi connectivity index (χ3v) is 8.13. The molecule has 224 valence electrons. The Kier molecular flexibility index (Phi) is 9.37. The highest BCUT2D eigenvalue weighted by Gasteiger charge is 2.58. The molecule has 2 saturated heterocycles. The lowest BCUT2D eigenvalue weighted by molar-refractivity contribution is -0.183. The number of carbonyl (C=O) groups excluding carboxylic acids is 1. The number of hydrogen-bond acceptors (Lipinski definition) is 7. The molecule has 1 saturated carbocycles. The molecule has 1 amide bonds. The third-order valence-electron chi connectivity index (χ3n) is 8.13. The first-order chi connectivity index (χ1) is 19.7. The van der Waals surface area contributed by atoms with Gasteiger partial charge in [-0.25, -0.2) is 8.78 Å². The number of rotatable bonds is 10. The van der Waals surface area contributed by atoms with Gasteiger partial charge in [0.05, 0.1) is 38.6 Å². The van der Waals surface area contributed by atoms with Gasteiger partial charge in [-0.1, -0.05) is 36.4 Å². The normalized spacial score (nSPS) is 27.9. The van der Waals surface area contributed by atoms with Crippen LogP contribution in [-0.2, 0) is 41.7 Å². The number of carbonyl (C=O) groups is 1. The molecule has 2 aromatic carbocycles. The van der Waals surface area contributed by atoms with Crippen LogP contribution >= 0.6 is 0 Å². The van der Waals surface area contributed by atoms with E-state index in [0.29, 0.717) is 26.3 Å². The van der Waals surface area contributed by atoms with Crippen LogP contribution in [0.4, 0.5) is 8.78 Å². The Morgan fingerprint density at radius 2 is 1.78 bits per heavy atom. The minimum Gasteiger partial charge on any atom is -0.379 e. The number of fused-ring (bicyclic) bond motifs is 1. The van der Waals surface area contributed by atoms with Crippen LogP contribution in [-0.4, -0.2) is 79.9 Å². The second-order valence-electron chi connectivity index (χ2n) is 11.5. The molecule has 0 spiro atoms. The molecule has 2 aliphatic heterocycles. The maximum atomic E-state index is 14.5. The molecular weight excluding hydrogens is 534 g/mol. The quantitative estimate of drug-likeness (QED) is 0.462. The standard InChI is InChI=1S/C31H40F2N2O6/c1-21-7-4-5-8-22(21)20-39-31(29(36)34-11-12-35-13-15-37-16-14-35)17-25(28-26(18-31)40-30(2,3)41-28)38-19-23-9-6-10-24(32)27(23)33/h4-10,25-26,28H,11-20H2,1-3H3,(H,34,36)/t25?,26-,28+,31-/m1/s1. The van der Waals surface area contributed by atoms with E-state index in [-0.39, 0.29) is 37.5 Å². The van der Waals surface area contributed by atoms with Crippen molar-refractivity contribution >= 4 is 5.91 Å². The number of nitrogens with zero attached hydrogens (tertiary/aromatic N) is 1. The summed E-state index contributed by atoms with van der Waals surface area (Å²) in [6, 6.07) is 11.9. The van der Waals surface area contributed by atoms with E-state index in [4.69, 9.17) is 23.7 Å². The molecule has 10 heteroatoms. The van der Waals surface area contributed by atoms with Crippen molar-refractivity contribution in [2.75, 3.05) is 39.4 Å². The van der Waals surface area contributed by atoms with Gasteiger partial charge in [0, 0.05) is 44.6 Å². The first kappa shape index (κ1) is 30.0. The van der Waals surface area contributed by atoms with Gasteiger partial charge in [-0.15, -0.1) is 0 Å². The lowest BCUT2D eigenvalue weighted by Gasteiger charge is -2.43. The van der Waals surface area contributed by atoms with E-state index >= 15 is 0 Å². The zero-order valence-electron chi connectivity index (χ0n) is 24.0. The van der Waals surface area contributed by atoms with Crippen molar-refractivity contribution in [1.82, 2.24) is 10.2 Å². The van der Waals surface area contributed by atoms with Gasteiger partial charge in [0.25, 0.3) is 5.91 Å². The summed E-state index contributed by atoms with van der Waals surface area (Å²) in [6.45, 7) is 9.80. The maximum Gasteiger partial charge on any atom is 0.252 e. The van der Waals surface area contributed by atoms with Gasteiger partial charge in [0.15, 0.2) is 23.0 Å². The number of nitrogens with one attached hydrogen (secondary N) is 1. The summed E-state index contributed by atoms with van der Waals surface area (Å²) in [5.74, 6) is -3.05. The fourth-order valence-corrected chi connectivity index (χ4v) is 5.87. The summed E-state index contributed by atoms with van der Waals surface area (Å²) in [5, 5.41) is 3.10. The predicted octanol–water partition coefficient (Wildman–Crippen LogP) is 3.88. The van der Waals surface area contributed by atoms with Crippen LogP contribution in [0.1, 0.15) is 43.4 Å². The molecular formula is C31H40F2N2O6. The van der Waals surface area contributed by atoms with Crippen LogP contribution in [0, 0.1) is 18.6 Å². The van der Waals surface area contributed by atoms with E-state index in [1.165, 1.54) is 12.1 Å². The molecule has 0 aromatic heterocycles. The van der Waals surface area contributed by atoms with Gasteiger partial charge < -0.3 is 29.0 Å². The number of benzene rings is 2. The third kappa shape index (κ3) is 7.13. The van der Waals surface area contributed by atoms with E-state index in [1.807, 2.05) is 45.0 Å². The molecule has 1 N–H and O–H groups in total. The van der Waals surface area contributed by atoms with Crippen molar-refractivity contribution in [3.63, 3.8) is 0 Å². The van der Waals surface area contributed by atoms with E-state index in [2.05, 4.69) is 10.2 Å². The smallest absolute Gasteiger partial charge is 0.252 e. The molecule has 41 heavy (non-hydrogen) atoms. The van der Waals surface area contributed by atoms with E-state index in [0.717, 1.165) is 30.3 Å². The highest BCUT2D eigenvalue weighted by atomic mass is 19.2. The minimum atomic E-state index is -1.29. The number of aryl methyl sites for hydroxylation is 1. The zero-order chi connectivity index (χ0) is 29.0. The molecule has 2 heterocycles. The molecule has 1 aliphatic carbocycles.